The molecule has 1 fully saturated rings. The Balaban J connectivity index is 1.83. The van der Waals surface area contributed by atoms with Crippen molar-refractivity contribution in [3.05, 3.63) is 57.1 Å². The summed E-state index contributed by atoms with van der Waals surface area (Å²) in [6.45, 7) is 0. The second-order valence-corrected chi connectivity index (χ2v) is 7.87. The van der Waals surface area contributed by atoms with Gasteiger partial charge in [-0.1, -0.05) is 56.1 Å². The number of hydrogen-bond donors (Lipinski definition) is 0. The molecule has 2 heteroatoms. The van der Waals surface area contributed by atoms with Crippen molar-refractivity contribution in [1.82, 2.24) is 0 Å². The molecule has 1 aromatic rings. The quantitative estimate of drug-likeness (QED) is 0.570. The molecule has 0 radical (unpaired) electrons. The lowest BCUT2D eigenvalue weighted by Gasteiger charge is -2.50. The van der Waals surface area contributed by atoms with E-state index in [1.165, 1.54) is 28.4 Å². The first-order valence-corrected chi connectivity index (χ1v) is 8.13. The highest BCUT2D eigenvalue weighted by Gasteiger charge is 2.49. The Hall–Kier alpha value is -0.340. The molecular weight excluding hydrogens is 352 g/mol. The SMILES string of the molecule is Brc1cccc2c1CC1=C(C2)C2(Br)CCC2C=C1. The van der Waals surface area contributed by atoms with E-state index < -0.39 is 0 Å². The maximum Gasteiger partial charge on any atom is 0.0537 e. The predicted molar refractivity (Wildman–Crippen MR) is 82.1 cm³/mol. The van der Waals surface area contributed by atoms with Gasteiger partial charge in [0.15, 0.2) is 0 Å². The van der Waals surface area contributed by atoms with Gasteiger partial charge in [0, 0.05) is 4.47 Å². The third-order valence-corrected chi connectivity index (χ3v) is 6.98. The van der Waals surface area contributed by atoms with Crippen LogP contribution in [0.5, 0.6) is 0 Å². The summed E-state index contributed by atoms with van der Waals surface area (Å²) in [5.74, 6) is 0.727. The van der Waals surface area contributed by atoms with Crippen LogP contribution in [0.15, 0.2) is 46.0 Å². The van der Waals surface area contributed by atoms with E-state index >= 15 is 0 Å². The zero-order valence-electron chi connectivity index (χ0n) is 10.0. The average molecular weight is 366 g/mol. The second kappa shape index (κ2) is 3.83. The highest BCUT2D eigenvalue weighted by Crippen LogP contribution is 2.56. The first kappa shape index (κ1) is 11.5. The summed E-state index contributed by atoms with van der Waals surface area (Å²) in [6, 6.07) is 6.60. The van der Waals surface area contributed by atoms with Crippen LogP contribution in [0.1, 0.15) is 24.0 Å². The lowest BCUT2D eigenvalue weighted by molar-refractivity contribution is 0.308. The lowest BCUT2D eigenvalue weighted by atomic mass is 9.62. The van der Waals surface area contributed by atoms with Gasteiger partial charge in [-0.2, -0.15) is 0 Å². The Morgan fingerprint density at radius 1 is 1.22 bits per heavy atom. The molecule has 18 heavy (non-hydrogen) atoms. The zero-order valence-corrected chi connectivity index (χ0v) is 13.2. The number of alkyl halides is 1. The van der Waals surface area contributed by atoms with Gasteiger partial charge in [0.2, 0.25) is 0 Å². The van der Waals surface area contributed by atoms with Gasteiger partial charge in [0.25, 0.3) is 0 Å². The molecule has 0 amide bonds. The first-order valence-electron chi connectivity index (χ1n) is 6.54. The first-order chi connectivity index (χ1) is 8.68. The lowest BCUT2D eigenvalue weighted by Crippen LogP contribution is -2.45. The minimum Gasteiger partial charge on any atom is -0.0798 e. The van der Waals surface area contributed by atoms with Gasteiger partial charge in [-0.3, -0.25) is 0 Å². The van der Waals surface area contributed by atoms with Crippen LogP contribution in [0.4, 0.5) is 0 Å². The molecular formula is C16H14Br2. The van der Waals surface area contributed by atoms with Crippen molar-refractivity contribution in [1.29, 1.82) is 0 Å². The van der Waals surface area contributed by atoms with Crippen LogP contribution in [0.25, 0.3) is 0 Å². The summed E-state index contributed by atoms with van der Waals surface area (Å²) < 4.78 is 1.55. The van der Waals surface area contributed by atoms with Gasteiger partial charge in [-0.15, -0.1) is 0 Å². The topological polar surface area (TPSA) is 0 Å². The van der Waals surface area contributed by atoms with Gasteiger partial charge < -0.3 is 0 Å². The Morgan fingerprint density at radius 2 is 2.11 bits per heavy atom. The predicted octanol–water partition coefficient (Wildman–Crippen LogP) is 4.96. The Bertz CT molecular complexity index is 597. The van der Waals surface area contributed by atoms with Crippen LogP contribution in [-0.4, -0.2) is 4.32 Å². The molecule has 0 spiro atoms. The fraction of sp³-hybridized carbons (Fsp3) is 0.375. The molecule has 2 atom stereocenters. The van der Waals surface area contributed by atoms with Crippen molar-refractivity contribution in [3.8, 4) is 0 Å². The number of hydrogen-bond acceptors (Lipinski definition) is 0. The summed E-state index contributed by atoms with van der Waals surface area (Å²) in [4.78, 5) is 0. The smallest absolute Gasteiger partial charge is 0.0537 e. The minimum absolute atomic E-state index is 0.289. The number of halogens is 2. The van der Waals surface area contributed by atoms with Crippen LogP contribution < -0.4 is 0 Å². The maximum atomic E-state index is 4.04. The summed E-state index contributed by atoms with van der Waals surface area (Å²) in [7, 11) is 0. The van der Waals surface area contributed by atoms with E-state index in [-0.39, 0.29) is 4.32 Å². The van der Waals surface area contributed by atoms with Crippen molar-refractivity contribution in [2.75, 3.05) is 0 Å². The van der Waals surface area contributed by atoms with E-state index in [0.29, 0.717) is 0 Å². The van der Waals surface area contributed by atoms with Gasteiger partial charge in [-0.25, -0.2) is 0 Å². The van der Waals surface area contributed by atoms with Crippen LogP contribution in [0.2, 0.25) is 0 Å². The van der Waals surface area contributed by atoms with Gasteiger partial charge in [0.1, 0.15) is 0 Å². The molecule has 1 saturated carbocycles. The van der Waals surface area contributed by atoms with Crippen LogP contribution in [0, 0.1) is 5.92 Å². The summed E-state index contributed by atoms with van der Waals surface area (Å²) in [6.07, 6.45) is 9.63. The fourth-order valence-corrected chi connectivity index (χ4v) is 5.11. The van der Waals surface area contributed by atoms with E-state index in [1.54, 1.807) is 11.1 Å². The molecule has 0 bridgehead atoms. The second-order valence-electron chi connectivity index (χ2n) is 5.60. The third kappa shape index (κ3) is 1.42. The Morgan fingerprint density at radius 3 is 2.89 bits per heavy atom. The summed E-state index contributed by atoms with van der Waals surface area (Å²) in [5.41, 5.74) is 6.17. The summed E-state index contributed by atoms with van der Waals surface area (Å²) >= 11 is 7.73. The van der Waals surface area contributed by atoms with Crippen molar-refractivity contribution in [2.45, 2.75) is 30.0 Å². The number of rotatable bonds is 0. The highest BCUT2D eigenvalue weighted by molar-refractivity contribution is 9.10. The Labute approximate surface area is 124 Å². The molecule has 0 aliphatic heterocycles. The van der Waals surface area contributed by atoms with Gasteiger partial charge >= 0.3 is 0 Å². The average Bonchev–Trinajstić information content (AvgIpc) is 2.35. The van der Waals surface area contributed by atoms with Crippen LogP contribution in [0.3, 0.4) is 0 Å². The van der Waals surface area contributed by atoms with E-state index in [9.17, 15) is 0 Å². The molecule has 0 heterocycles. The van der Waals surface area contributed by atoms with Crippen molar-refractivity contribution in [3.63, 3.8) is 0 Å². The van der Waals surface area contributed by atoms with Crippen molar-refractivity contribution < 1.29 is 0 Å². The molecule has 3 aliphatic rings. The van der Waals surface area contributed by atoms with Gasteiger partial charge in [-0.05, 0) is 59.9 Å². The molecule has 0 saturated heterocycles. The molecule has 0 N–H and O–H groups in total. The number of benzene rings is 1. The third-order valence-electron chi connectivity index (χ3n) is 4.78. The number of allylic oxidation sites excluding steroid dienone is 4. The van der Waals surface area contributed by atoms with Crippen molar-refractivity contribution >= 4 is 31.9 Å². The maximum absolute atomic E-state index is 4.04. The Kier molecular flexibility index (Phi) is 2.44. The molecule has 4 rings (SSSR count). The minimum atomic E-state index is 0.289. The fourth-order valence-electron chi connectivity index (χ4n) is 3.56. The molecule has 3 aliphatic carbocycles. The molecule has 0 aromatic heterocycles. The van der Waals surface area contributed by atoms with Crippen LogP contribution in [-0.2, 0) is 12.8 Å². The highest BCUT2D eigenvalue weighted by atomic mass is 79.9. The number of fused-ring (bicyclic) bond motifs is 3. The monoisotopic (exact) mass is 364 g/mol. The molecule has 2 unspecified atom stereocenters. The molecule has 0 nitrogen and oxygen atoms in total. The van der Waals surface area contributed by atoms with Crippen LogP contribution >= 0.6 is 31.9 Å². The standard InChI is InChI=1S/C16H14Br2/c17-15-3-1-2-10-9-14-11(8-13(10)15)4-5-12-6-7-16(12,14)18/h1-5,12H,6-9H2. The molecule has 1 aromatic carbocycles. The van der Waals surface area contributed by atoms with E-state index in [1.807, 2.05) is 0 Å². The summed E-state index contributed by atoms with van der Waals surface area (Å²) in [5, 5.41) is 0. The van der Waals surface area contributed by atoms with E-state index in [0.717, 1.165) is 18.8 Å². The van der Waals surface area contributed by atoms with Crippen molar-refractivity contribution in [2.24, 2.45) is 5.92 Å². The van der Waals surface area contributed by atoms with E-state index in [2.05, 4.69) is 62.2 Å². The largest absolute Gasteiger partial charge is 0.0798 e. The normalized spacial score (nSPS) is 32.4. The van der Waals surface area contributed by atoms with E-state index in [4.69, 9.17) is 0 Å². The molecule has 92 valence electrons. The van der Waals surface area contributed by atoms with Gasteiger partial charge in [0.05, 0.1) is 4.32 Å². The zero-order chi connectivity index (χ0) is 12.3.